The molecule has 2 aromatic carbocycles. The Morgan fingerprint density at radius 1 is 1.04 bits per heavy atom. The molecule has 3 rings (SSSR count). The molecule has 0 N–H and O–H groups in total. The Balaban J connectivity index is 2.17. The van der Waals surface area contributed by atoms with Crippen molar-refractivity contribution in [1.82, 2.24) is 0 Å². The number of benzene rings is 2. The number of carbonyl (C=O) groups excluding carboxylic acids is 1. The number of rotatable bonds is 2. The van der Waals surface area contributed by atoms with Crippen LogP contribution in [-0.2, 0) is 14.8 Å². The van der Waals surface area contributed by atoms with Gasteiger partial charge < -0.3 is 4.90 Å². The summed E-state index contributed by atoms with van der Waals surface area (Å²) in [6.45, 7) is 5.37. The lowest BCUT2D eigenvalue weighted by Crippen LogP contribution is -2.51. The molecule has 1 heterocycles. The van der Waals surface area contributed by atoms with Gasteiger partial charge in [0.25, 0.3) is 10.0 Å². The summed E-state index contributed by atoms with van der Waals surface area (Å²) in [6.07, 6.45) is 0. The number of hydrogen-bond donors (Lipinski definition) is 0. The van der Waals surface area contributed by atoms with E-state index in [1.165, 1.54) is 11.2 Å². The molecule has 0 radical (unpaired) electrons. The monoisotopic (exact) mass is 344 g/mol. The smallest absolute Gasteiger partial charge is 0.264 e. The maximum Gasteiger partial charge on any atom is 0.264 e. The molecular formula is C18H20N2O3S. The summed E-state index contributed by atoms with van der Waals surface area (Å²) in [6, 6.07) is 13.8. The highest BCUT2D eigenvalue weighted by Crippen LogP contribution is 2.38. The van der Waals surface area contributed by atoms with E-state index in [0.29, 0.717) is 21.8 Å². The molecule has 126 valence electrons. The largest absolute Gasteiger partial charge is 0.306 e. The summed E-state index contributed by atoms with van der Waals surface area (Å²) in [4.78, 5) is 14.0. The van der Waals surface area contributed by atoms with Gasteiger partial charge in [-0.05, 0) is 37.6 Å². The molecular weight excluding hydrogens is 324 g/mol. The number of carbonyl (C=O) groups is 1. The average molecular weight is 344 g/mol. The zero-order valence-corrected chi connectivity index (χ0v) is 14.7. The van der Waals surface area contributed by atoms with Crippen LogP contribution in [0.2, 0.25) is 0 Å². The van der Waals surface area contributed by atoms with Crippen LogP contribution in [0, 0.1) is 6.92 Å². The van der Waals surface area contributed by atoms with Crippen molar-refractivity contribution in [2.45, 2.75) is 31.7 Å². The Morgan fingerprint density at radius 3 is 2.25 bits per heavy atom. The van der Waals surface area contributed by atoms with E-state index in [2.05, 4.69) is 0 Å². The number of aryl methyl sites for hydroxylation is 1. The summed E-state index contributed by atoms with van der Waals surface area (Å²) in [5.74, 6) is -0.0945. The van der Waals surface area contributed by atoms with Gasteiger partial charge in [0, 0.05) is 6.92 Å². The van der Waals surface area contributed by atoms with Gasteiger partial charge in [0.15, 0.2) is 0 Å². The predicted molar refractivity (Wildman–Crippen MR) is 94.8 cm³/mol. The average Bonchev–Trinajstić information content (AvgIpc) is 2.53. The third kappa shape index (κ3) is 2.57. The molecule has 1 atom stereocenters. The van der Waals surface area contributed by atoms with E-state index in [0.717, 1.165) is 0 Å². The Morgan fingerprint density at radius 2 is 1.62 bits per heavy atom. The molecule has 1 aliphatic rings. The molecule has 0 aliphatic carbocycles. The van der Waals surface area contributed by atoms with Crippen molar-refractivity contribution in [3.8, 4) is 0 Å². The molecule has 0 spiro atoms. The van der Waals surface area contributed by atoms with Crippen molar-refractivity contribution in [3.63, 3.8) is 0 Å². The number of sulfonamides is 1. The maximum atomic E-state index is 13.2. The summed E-state index contributed by atoms with van der Waals surface area (Å²) in [5, 5.41) is 0. The molecule has 5 nitrogen and oxygen atoms in total. The molecule has 1 aliphatic heterocycles. The maximum absolute atomic E-state index is 13.2. The number of para-hydroxylation sites is 2. The first-order valence-corrected chi connectivity index (χ1v) is 9.25. The van der Waals surface area contributed by atoms with Crippen LogP contribution in [0.3, 0.4) is 0 Å². The first-order valence-electron chi connectivity index (χ1n) is 7.81. The van der Waals surface area contributed by atoms with E-state index in [-0.39, 0.29) is 18.5 Å². The first-order chi connectivity index (χ1) is 11.3. The molecule has 1 amide bonds. The lowest BCUT2D eigenvalue weighted by molar-refractivity contribution is -0.117. The highest BCUT2D eigenvalue weighted by Gasteiger charge is 2.37. The fourth-order valence-corrected chi connectivity index (χ4v) is 5.00. The number of fused-ring (bicyclic) bond motifs is 1. The zero-order valence-electron chi connectivity index (χ0n) is 13.9. The highest BCUT2D eigenvalue weighted by atomic mass is 32.2. The molecule has 2 aromatic rings. The van der Waals surface area contributed by atoms with Gasteiger partial charge in [-0.25, -0.2) is 8.42 Å². The van der Waals surface area contributed by atoms with Crippen molar-refractivity contribution < 1.29 is 13.2 Å². The van der Waals surface area contributed by atoms with Gasteiger partial charge in [-0.15, -0.1) is 0 Å². The minimum absolute atomic E-state index is 0.0945. The number of anilines is 2. The molecule has 0 saturated heterocycles. The minimum Gasteiger partial charge on any atom is -0.306 e. The molecule has 0 fully saturated rings. The number of nitrogens with zero attached hydrogens (tertiary/aromatic N) is 2. The lowest BCUT2D eigenvalue weighted by atomic mass is 10.1. The van der Waals surface area contributed by atoms with Crippen molar-refractivity contribution in [1.29, 1.82) is 0 Å². The fraction of sp³-hybridized carbons (Fsp3) is 0.278. The van der Waals surface area contributed by atoms with Crippen LogP contribution in [0.25, 0.3) is 0 Å². The van der Waals surface area contributed by atoms with Crippen molar-refractivity contribution in [3.05, 3.63) is 54.1 Å². The predicted octanol–water partition coefficient (Wildman–Crippen LogP) is 2.95. The van der Waals surface area contributed by atoms with Gasteiger partial charge in [-0.1, -0.05) is 30.3 Å². The number of amides is 1. The van der Waals surface area contributed by atoms with Gasteiger partial charge in [-0.3, -0.25) is 9.10 Å². The molecule has 0 saturated carbocycles. The first kappa shape index (κ1) is 16.5. The third-order valence-electron chi connectivity index (χ3n) is 4.28. The van der Waals surface area contributed by atoms with Crippen LogP contribution in [0.15, 0.2) is 53.4 Å². The Hall–Kier alpha value is -2.34. The van der Waals surface area contributed by atoms with Crippen molar-refractivity contribution in [2.75, 3.05) is 15.7 Å². The van der Waals surface area contributed by atoms with Gasteiger partial charge in [0.05, 0.1) is 28.9 Å². The Bertz CT molecular complexity index is 893. The summed E-state index contributed by atoms with van der Waals surface area (Å²) in [5.41, 5.74) is 1.87. The van der Waals surface area contributed by atoms with E-state index >= 15 is 0 Å². The van der Waals surface area contributed by atoms with Gasteiger partial charge in [0.2, 0.25) is 5.91 Å². The normalized spacial score (nSPS) is 17.5. The van der Waals surface area contributed by atoms with Crippen LogP contribution >= 0.6 is 0 Å². The van der Waals surface area contributed by atoms with Gasteiger partial charge in [0.1, 0.15) is 0 Å². The standard InChI is InChI=1S/C18H20N2O3S/c1-13-8-4-7-11-18(13)24(22,23)19-12-14(2)20(15(3)21)17-10-6-5-9-16(17)19/h4-11,14H,12H2,1-3H3/t14-/m0/s1. The van der Waals surface area contributed by atoms with Crippen LogP contribution in [0.5, 0.6) is 0 Å². The molecule has 0 unspecified atom stereocenters. The molecule has 0 aromatic heterocycles. The molecule has 24 heavy (non-hydrogen) atoms. The van der Waals surface area contributed by atoms with Crippen molar-refractivity contribution >= 4 is 27.3 Å². The lowest BCUT2D eigenvalue weighted by Gasteiger charge is -2.41. The van der Waals surface area contributed by atoms with Crippen molar-refractivity contribution in [2.24, 2.45) is 0 Å². The summed E-state index contributed by atoms with van der Waals surface area (Å²) < 4.78 is 27.8. The van der Waals surface area contributed by atoms with Crippen LogP contribution < -0.4 is 9.21 Å². The summed E-state index contributed by atoms with van der Waals surface area (Å²) in [7, 11) is -3.69. The van der Waals surface area contributed by atoms with Crippen LogP contribution in [0.4, 0.5) is 11.4 Å². The van der Waals surface area contributed by atoms with Gasteiger partial charge >= 0.3 is 0 Å². The molecule has 6 heteroatoms. The van der Waals surface area contributed by atoms with E-state index in [4.69, 9.17) is 0 Å². The number of hydrogen-bond acceptors (Lipinski definition) is 3. The minimum atomic E-state index is -3.69. The second-order valence-corrected chi connectivity index (χ2v) is 7.86. The SMILES string of the molecule is CC(=O)N1c2ccccc2N(S(=O)(=O)c2ccccc2C)C[C@@H]1C. The Kier molecular flexibility index (Phi) is 4.09. The van der Waals surface area contributed by atoms with E-state index < -0.39 is 10.0 Å². The van der Waals surface area contributed by atoms with Gasteiger partial charge in [-0.2, -0.15) is 0 Å². The third-order valence-corrected chi connectivity index (χ3v) is 6.22. The van der Waals surface area contributed by atoms with Crippen LogP contribution in [0.1, 0.15) is 19.4 Å². The van der Waals surface area contributed by atoms with E-state index in [1.807, 2.05) is 19.1 Å². The second-order valence-electron chi connectivity index (χ2n) is 6.03. The Labute approximate surface area is 142 Å². The zero-order chi connectivity index (χ0) is 17.5. The van der Waals surface area contributed by atoms with E-state index in [9.17, 15) is 13.2 Å². The van der Waals surface area contributed by atoms with Crippen LogP contribution in [-0.4, -0.2) is 26.9 Å². The quantitative estimate of drug-likeness (QED) is 0.842. The molecule has 0 bridgehead atoms. The second kappa shape index (κ2) is 5.94. The topological polar surface area (TPSA) is 57.7 Å². The van der Waals surface area contributed by atoms with E-state index in [1.54, 1.807) is 48.2 Å². The summed E-state index contributed by atoms with van der Waals surface area (Å²) >= 11 is 0. The highest BCUT2D eigenvalue weighted by molar-refractivity contribution is 7.93. The fourth-order valence-electron chi connectivity index (χ4n) is 3.21.